The van der Waals surface area contributed by atoms with Crippen molar-refractivity contribution in [3.05, 3.63) is 29.8 Å². The van der Waals surface area contributed by atoms with Gasteiger partial charge in [-0.15, -0.1) is 11.8 Å². The maximum Gasteiger partial charge on any atom is 0.252 e. The van der Waals surface area contributed by atoms with E-state index in [-0.39, 0.29) is 23.9 Å². The lowest BCUT2D eigenvalue weighted by Crippen LogP contribution is -2.40. The van der Waals surface area contributed by atoms with E-state index in [9.17, 15) is 9.59 Å². The van der Waals surface area contributed by atoms with Crippen LogP contribution >= 0.6 is 11.8 Å². The minimum Gasteiger partial charge on any atom is -0.353 e. The Kier molecular flexibility index (Phi) is 9.49. The van der Waals surface area contributed by atoms with Crippen molar-refractivity contribution in [3.8, 4) is 0 Å². The number of thioether (sulfide) groups is 1. The van der Waals surface area contributed by atoms with E-state index >= 15 is 0 Å². The predicted molar refractivity (Wildman–Crippen MR) is 100 cm³/mol. The Bertz CT molecular complexity index is 535. The fraction of sp³-hybridized carbons (Fsp3) is 0.556. The van der Waals surface area contributed by atoms with Gasteiger partial charge >= 0.3 is 0 Å². The van der Waals surface area contributed by atoms with Crippen LogP contribution in [0.2, 0.25) is 0 Å². The Morgan fingerprint density at radius 1 is 1.21 bits per heavy atom. The Morgan fingerprint density at radius 2 is 1.92 bits per heavy atom. The molecule has 0 heterocycles. The molecule has 2 amide bonds. The number of unbranched alkanes of at least 4 members (excludes halogenated alkanes) is 1. The molecule has 0 saturated carbocycles. The summed E-state index contributed by atoms with van der Waals surface area (Å²) in [5.74, 6) is 0.125. The molecular formula is C18H29N3O2S. The standard InChI is InChI=1S/C18H29N3O2S/c1-4-5-8-14(11-19)21-18(23)15-9-6-7-10-16(15)24-12-17(22)20-13(2)3/h6-7,9-10,13-14H,4-5,8,11-12,19H2,1-3H3,(H,20,22)(H,21,23). The van der Waals surface area contributed by atoms with E-state index in [1.165, 1.54) is 11.8 Å². The van der Waals surface area contributed by atoms with Gasteiger partial charge in [-0.3, -0.25) is 9.59 Å². The molecule has 1 aromatic rings. The highest BCUT2D eigenvalue weighted by molar-refractivity contribution is 8.00. The first-order valence-corrected chi connectivity index (χ1v) is 9.48. The van der Waals surface area contributed by atoms with E-state index in [0.29, 0.717) is 17.9 Å². The zero-order chi connectivity index (χ0) is 17.9. The van der Waals surface area contributed by atoms with Crippen LogP contribution in [0.15, 0.2) is 29.2 Å². The quantitative estimate of drug-likeness (QED) is 0.566. The average molecular weight is 352 g/mol. The number of carbonyl (C=O) groups is 2. The molecule has 1 unspecified atom stereocenters. The topological polar surface area (TPSA) is 84.2 Å². The lowest BCUT2D eigenvalue weighted by molar-refractivity contribution is -0.119. The number of rotatable bonds is 10. The van der Waals surface area contributed by atoms with E-state index in [4.69, 9.17) is 5.73 Å². The number of nitrogens with one attached hydrogen (secondary N) is 2. The zero-order valence-corrected chi connectivity index (χ0v) is 15.6. The highest BCUT2D eigenvalue weighted by Crippen LogP contribution is 2.22. The van der Waals surface area contributed by atoms with Gasteiger partial charge in [-0.25, -0.2) is 0 Å². The van der Waals surface area contributed by atoms with E-state index in [2.05, 4.69) is 17.6 Å². The van der Waals surface area contributed by atoms with Crippen LogP contribution < -0.4 is 16.4 Å². The number of nitrogens with two attached hydrogens (primary N) is 1. The summed E-state index contributed by atoms with van der Waals surface area (Å²) in [7, 11) is 0. The number of carbonyl (C=O) groups excluding carboxylic acids is 2. The lowest BCUT2D eigenvalue weighted by Gasteiger charge is -2.17. The molecule has 0 aliphatic heterocycles. The molecule has 1 aromatic carbocycles. The van der Waals surface area contributed by atoms with Crippen LogP contribution in [-0.2, 0) is 4.79 Å². The van der Waals surface area contributed by atoms with E-state index in [0.717, 1.165) is 24.2 Å². The molecule has 6 heteroatoms. The van der Waals surface area contributed by atoms with Gasteiger partial charge in [-0.05, 0) is 32.4 Å². The molecule has 24 heavy (non-hydrogen) atoms. The van der Waals surface area contributed by atoms with Crippen LogP contribution in [-0.4, -0.2) is 36.2 Å². The normalized spacial score (nSPS) is 12.0. The minimum absolute atomic E-state index is 0.0141. The summed E-state index contributed by atoms with van der Waals surface area (Å²) < 4.78 is 0. The third-order valence-electron chi connectivity index (χ3n) is 3.47. The largest absolute Gasteiger partial charge is 0.353 e. The van der Waals surface area contributed by atoms with Gasteiger partial charge < -0.3 is 16.4 Å². The van der Waals surface area contributed by atoms with Gasteiger partial charge in [0.15, 0.2) is 0 Å². The fourth-order valence-corrected chi connectivity index (χ4v) is 3.11. The average Bonchev–Trinajstić information content (AvgIpc) is 2.56. The van der Waals surface area contributed by atoms with Crippen molar-refractivity contribution < 1.29 is 9.59 Å². The van der Waals surface area contributed by atoms with Gasteiger partial charge in [0.05, 0.1) is 11.3 Å². The molecule has 0 radical (unpaired) electrons. The molecule has 0 aliphatic rings. The van der Waals surface area contributed by atoms with E-state index in [1.54, 1.807) is 6.07 Å². The first kappa shape index (κ1) is 20.5. The highest BCUT2D eigenvalue weighted by Gasteiger charge is 2.16. The maximum atomic E-state index is 12.5. The van der Waals surface area contributed by atoms with Crippen LogP contribution in [0.4, 0.5) is 0 Å². The van der Waals surface area contributed by atoms with E-state index < -0.39 is 0 Å². The molecule has 0 spiro atoms. The molecular weight excluding hydrogens is 322 g/mol. The van der Waals surface area contributed by atoms with Crippen molar-refractivity contribution in [2.45, 2.75) is 57.0 Å². The van der Waals surface area contributed by atoms with Gasteiger partial charge in [0.2, 0.25) is 5.91 Å². The third kappa shape index (κ3) is 7.36. The van der Waals surface area contributed by atoms with Crippen LogP contribution in [0.5, 0.6) is 0 Å². The van der Waals surface area contributed by atoms with Gasteiger partial charge in [-0.1, -0.05) is 31.9 Å². The van der Waals surface area contributed by atoms with Gasteiger partial charge in [0.1, 0.15) is 0 Å². The van der Waals surface area contributed by atoms with Crippen LogP contribution in [0.25, 0.3) is 0 Å². The molecule has 0 aromatic heterocycles. The van der Waals surface area contributed by atoms with Crippen molar-refractivity contribution in [1.29, 1.82) is 0 Å². The van der Waals surface area contributed by atoms with Crippen LogP contribution in [0.1, 0.15) is 50.4 Å². The lowest BCUT2D eigenvalue weighted by atomic mass is 10.1. The molecule has 1 atom stereocenters. The molecule has 0 aliphatic carbocycles. The second kappa shape index (κ2) is 11.1. The molecule has 0 bridgehead atoms. The maximum absolute atomic E-state index is 12.5. The van der Waals surface area contributed by atoms with E-state index in [1.807, 2.05) is 32.0 Å². The number of benzene rings is 1. The second-order valence-electron chi connectivity index (χ2n) is 6.06. The number of hydrogen-bond donors (Lipinski definition) is 3. The summed E-state index contributed by atoms with van der Waals surface area (Å²) >= 11 is 1.37. The Hall–Kier alpha value is -1.53. The third-order valence-corrected chi connectivity index (χ3v) is 4.54. The van der Waals surface area contributed by atoms with Crippen LogP contribution in [0, 0.1) is 0 Å². The van der Waals surface area contributed by atoms with Crippen molar-refractivity contribution in [3.63, 3.8) is 0 Å². The summed E-state index contributed by atoms with van der Waals surface area (Å²) in [5, 5.41) is 5.85. The zero-order valence-electron chi connectivity index (χ0n) is 14.8. The monoisotopic (exact) mass is 351 g/mol. The molecule has 1 rings (SSSR count). The number of hydrogen-bond acceptors (Lipinski definition) is 4. The predicted octanol–water partition coefficient (Wildman–Crippen LogP) is 2.55. The second-order valence-corrected chi connectivity index (χ2v) is 7.07. The summed E-state index contributed by atoms with van der Waals surface area (Å²) in [4.78, 5) is 25.1. The molecule has 0 fully saturated rings. The van der Waals surface area contributed by atoms with Gasteiger partial charge in [-0.2, -0.15) is 0 Å². The highest BCUT2D eigenvalue weighted by atomic mass is 32.2. The Morgan fingerprint density at radius 3 is 2.54 bits per heavy atom. The molecule has 5 nitrogen and oxygen atoms in total. The van der Waals surface area contributed by atoms with Crippen LogP contribution in [0.3, 0.4) is 0 Å². The van der Waals surface area contributed by atoms with Crippen molar-refractivity contribution in [1.82, 2.24) is 10.6 Å². The summed E-state index contributed by atoms with van der Waals surface area (Å²) in [6.45, 7) is 6.39. The smallest absolute Gasteiger partial charge is 0.252 e. The molecule has 134 valence electrons. The fourth-order valence-electron chi connectivity index (χ4n) is 2.25. The van der Waals surface area contributed by atoms with Crippen molar-refractivity contribution in [2.75, 3.05) is 12.3 Å². The molecule has 0 saturated heterocycles. The summed E-state index contributed by atoms with van der Waals surface area (Å²) in [6, 6.07) is 7.45. The van der Waals surface area contributed by atoms with Crippen molar-refractivity contribution >= 4 is 23.6 Å². The Balaban J connectivity index is 2.70. The minimum atomic E-state index is -0.131. The SMILES string of the molecule is CCCCC(CN)NC(=O)c1ccccc1SCC(=O)NC(C)C. The Labute approximate surface area is 149 Å². The molecule has 4 N–H and O–H groups in total. The summed E-state index contributed by atoms with van der Waals surface area (Å²) in [6.07, 6.45) is 2.99. The summed E-state index contributed by atoms with van der Waals surface area (Å²) in [5.41, 5.74) is 6.34. The number of amides is 2. The first-order valence-electron chi connectivity index (χ1n) is 8.50. The first-order chi connectivity index (χ1) is 11.5. The van der Waals surface area contributed by atoms with Crippen molar-refractivity contribution in [2.24, 2.45) is 5.73 Å². The van der Waals surface area contributed by atoms with Gasteiger partial charge in [0, 0.05) is 23.5 Å². The van der Waals surface area contributed by atoms with Gasteiger partial charge in [0.25, 0.3) is 5.91 Å².